The molecule has 0 bridgehead atoms. The molecule has 0 saturated carbocycles. The fourth-order valence-corrected chi connectivity index (χ4v) is 4.41. The van der Waals surface area contributed by atoms with Crippen LogP contribution >= 0.6 is 0 Å². The molecule has 1 atom stereocenters. The van der Waals surface area contributed by atoms with Gasteiger partial charge in [0.2, 0.25) is 10.0 Å². The van der Waals surface area contributed by atoms with Gasteiger partial charge in [-0.1, -0.05) is 12.1 Å². The number of nitrogens with zero attached hydrogens (tertiary/aromatic N) is 2. The smallest absolute Gasteiger partial charge is 0.321 e. The van der Waals surface area contributed by atoms with Gasteiger partial charge in [-0.25, -0.2) is 8.42 Å². The summed E-state index contributed by atoms with van der Waals surface area (Å²) in [6, 6.07) is 0.174. The van der Waals surface area contributed by atoms with E-state index in [4.69, 9.17) is 9.26 Å². The first-order valence-corrected chi connectivity index (χ1v) is 10.1. The normalized spacial score (nSPS) is 18.0. The first-order valence-electron chi connectivity index (χ1n) is 8.64. The summed E-state index contributed by atoms with van der Waals surface area (Å²) in [5.41, 5.74) is 0.203. The highest BCUT2D eigenvalue weighted by atomic mass is 32.2. The summed E-state index contributed by atoms with van der Waals surface area (Å²) >= 11 is 0. The Kier molecular flexibility index (Phi) is 6.76. The van der Waals surface area contributed by atoms with Crippen LogP contribution in [0, 0.1) is 13.8 Å². The average Bonchev–Trinajstić information content (AvgIpc) is 2.97. The summed E-state index contributed by atoms with van der Waals surface area (Å²) in [6.07, 6.45) is 3.84. The summed E-state index contributed by atoms with van der Waals surface area (Å²) in [7, 11) is -3.95. The van der Waals surface area contributed by atoms with Gasteiger partial charge in [-0.05, 0) is 39.5 Å². The van der Waals surface area contributed by atoms with Crippen molar-refractivity contribution in [3.05, 3.63) is 11.5 Å². The maximum Gasteiger partial charge on any atom is 0.321 e. The van der Waals surface area contributed by atoms with Crippen molar-refractivity contribution in [2.24, 2.45) is 0 Å². The van der Waals surface area contributed by atoms with Crippen LogP contribution in [0.1, 0.15) is 44.1 Å². The van der Waals surface area contributed by atoms with Crippen LogP contribution in [0.3, 0.4) is 0 Å². The third-order valence-corrected chi connectivity index (χ3v) is 6.06. The molecule has 0 radical (unpaired) electrons. The minimum atomic E-state index is -3.95. The van der Waals surface area contributed by atoms with E-state index < -0.39 is 22.5 Å². The number of likely N-dealkylation sites (tertiary alicyclic amines) is 1. The molecule has 2 heterocycles. The number of aryl methyl sites for hydroxylation is 2. The van der Waals surface area contributed by atoms with Gasteiger partial charge in [-0.3, -0.25) is 9.59 Å². The molecule has 26 heavy (non-hydrogen) atoms. The second-order valence-electron chi connectivity index (χ2n) is 6.28. The Morgan fingerprint density at radius 1 is 1.35 bits per heavy atom. The molecule has 1 aromatic rings. The standard InChI is InChI=1S/C16H25N3O6S/c1-4-13-7-5-6-8-19(13)14(20)10-24-15(21)9-17-26(22,23)16-11(2)18-25-12(16)3/h13,17H,4-10H2,1-3H3/t13-/m1/s1. The molecule has 0 aliphatic carbocycles. The molecule has 0 aromatic carbocycles. The van der Waals surface area contributed by atoms with Crippen LogP contribution in [0.4, 0.5) is 0 Å². The molecule has 0 unspecified atom stereocenters. The Bertz CT molecular complexity index is 739. The Balaban J connectivity index is 1.84. The quantitative estimate of drug-likeness (QED) is 0.691. The first kappa shape index (κ1) is 20.4. The molecule has 10 heteroatoms. The van der Waals surface area contributed by atoms with E-state index in [9.17, 15) is 18.0 Å². The number of carbonyl (C=O) groups excluding carboxylic acids is 2. The number of sulfonamides is 1. The van der Waals surface area contributed by atoms with E-state index in [1.54, 1.807) is 4.90 Å². The zero-order valence-corrected chi connectivity index (χ0v) is 16.1. The van der Waals surface area contributed by atoms with Crippen LogP contribution in [0.2, 0.25) is 0 Å². The molecular weight excluding hydrogens is 362 g/mol. The van der Waals surface area contributed by atoms with E-state index in [1.807, 2.05) is 6.92 Å². The fourth-order valence-electron chi connectivity index (χ4n) is 3.11. The van der Waals surface area contributed by atoms with Gasteiger partial charge in [-0.2, -0.15) is 4.72 Å². The largest absolute Gasteiger partial charge is 0.455 e. The number of hydrogen-bond donors (Lipinski definition) is 1. The highest BCUT2D eigenvalue weighted by Crippen LogP contribution is 2.20. The van der Waals surface area contributed by atoms with Crippen molar-refractivity contribution in [1.82, 2.24) is 14.8 Å². The predicted octanol–water partition coefficient (Wildman–Crippen LogP) is 0.904. The SMILES string of the molecule is CC[C@@H]1CCCCN1C(=O)COC(=O)CNS(=O)(=O)c1c(C)noc1C. The summed E-state index contributed by atoms with van der Waals surface area (Å²) in [4.78, 5) is 25.7. The third kappa shape index (κ3) is 4.82. The molecule has 1 amide bonds. The first-order chi connectivity index (χ1) is 12.3. The molecule has 146 valence electrons. The lowest BCUT2D eigenvalue weighted by Gasteiger charge is -2.35. The van der Waals surface area contributed by atoms with Gasteiger partial charge in [0.1, 0.15) is 17.1 Å². The molecular formula is C16H25N3O6S. The monoisotopic (exact) mass is 387 g/mol. The van der Waals surface area contributed by atoms with Crippen molar-refractivity contribution in [3.63, 3.8) is 0 Å². The summed E-state index contributed by atoms with van der Waals surface area (Å²) in [5.74, 6) is -0.938. The Hall–Kier alpha value is -1.94. The Labute approximate surface area is 153 Å². The van der Waals surface area contributed by atoms with Crippen molar-refractivity contribution in [2.45, 2.75) is 57.4 Å². The van der Waals surface area contributed by atoms with Gasteiger partial charge in [0.25, 0.3) is 5.91 Å². The molecule has 1 aromatic heterocycles. The van der Waals surface area contributed by atoms with Crippen LogP contribution in [-0.2, 0) is 24.3 Å². The number of aromatic nitrogens is 1. The molecule has 1 aliphatic rings. The number of rotatable bonds is 7. The molecule has 1 fully saturated rings. The maximum absolute atomic E-state index is 12.2. The molecule has 2 rings (SSSR count). The van der Waals surface area contributed by atoms with E-state index in [0.717, 1.165) is 25.7 Å². The van der Waals surface area contributed by atoms with Gasteiger partial charge < -0.3 is 14.2 Å². The summed E-state index contributed by atoms with van der Waals surface area (Å²) in [6.45, 7) is 4.68. The molecule has 1 N–H and O–H groups in total. The van der Waals surface area contributed by atoms with Crippen molar-refractivity contribution < 1.29 is 27.3 Å². The minimum Gasteiger partial charge on any atom is -0.455 e. The van der Waals surface area contributed by atoms with Crippen LogP contribution in [0.5, 0.6) is 0 Å². The van der Waals surface area contributed by atoms with E-state index in [2.05, 4.69) is 9.88 Å². The number of ether oxygens (including phenoxy) is 1. The van der Waals surface area contributed by atoms with Gasteiger partial charge >= 0.3 is 5.97 Å². The van der Waals surface area contributed by atoms with E-state index in [1.165, 1.54) is 13.8 Å². The van der Waals surface area contributed by atoms with Crippen molar-refractivity contribution in [3.8, 4) is 0 Å². The number of carbonyl (C=O) groups is 2. The Morgan fingerprint density at radius 3 is 2.69 bits per heavy atom. The zero-order chi connectivity index (χ0) is 19.3. The third-order valence-electron chi connectivity index (χ3n) is 4.42. The van der Waals surface area contributed by atoms with Crippen LogP contribution < -0.4 is 4.72 Å². The highest BCUT2D eigenvalue weighted by molar-refractivity contribution is 7.89. The van der Waals surface area contributed by atoms with Gasteiger partial charge in [0.05, 0.1) is 0 Å². The fraction of sp³-hybridized carbons (Fsp3) is 0.688. The number of esters is 1. The lowest BCUT2D eigenvalue weighted by molar-refractivity contribution is -0.152. The lowest BCUT2D eigenvalue weighted by atomic mass is 10.00. The van der Waals surface area contributed by atoms with Crippen LogP contribution in [-0.4, -0.2) is 56.1 Å². The summed E-state index contributed by atoms with van der Waals surface area (Å²) in [5, 5.41) is 3.58. The Morgan fingerprint density at radius 2 is 2.08 bits per heavy atom. The van der Waals surface area contributed by atoms with E-state index in [0.29, 0.717) is 6.54 Å². The lowest BCUT2D eigenvalue weighted by Crippen LogP contribution is -2.45. The average molecular weight is 387 g/mol. The van der Waals surface area contributed by atoms with Crippen molar-refractivity contribution in [2.75, 3.05) is 19.7 Å². The highest BCUT2D eigenvalue weighted by Gasteiger charge is 2.27. The number of amides is 1. The van der Waals surface area contributed by atoms with Gasteiger partial charge in [0, 0.05) is 12.6 Å². The van der Waals surface area contributed by atoms with Gasteiger partial charge in [0.15, 0.2) is 12.4 Å². The molecule has 1 saturated heterocycles. The number of hydrogen-bond acceptors (Lipinski definition) is 7. The number of nitrogens with one attached hydrogen (secondary N) is 1. The molecule has 9 nitrogen and oxygen atoms in total. The van der Waals surface area contributed by atoms with E-state index in [-0.39, 0.29) is 34.9 Å². The topological polar surface area (TPSA) is 119 Å². The minimum absolute atomic E-state index is 0.0968. The maximum atomic E-state index is 12.2. The van der Waals surface area contributed by atoms with Gasteiger partial charge in [-0.15, -0.1) is 0 Å². The summed E-state index contributed by atoms with van der Waals surface area (Å²) < 4.78 is 36.3. The van der Waals surface area contributed by atoms with E-state index >= 15 is 0 Å². The number of piperidine rings is 1. The predicted molar refractivity (Wildman–Crippen MR) is 91.8 cm³/mol. The second kappa shape index (κ2) is 8.63. The zero-order valence-electron chi connectivity index (χ0n) is 15.3. The van der Waals surface area contributed by atoms with Crippen molar-refractivity contribution in [1.29, 1.82) is 0 Å². The second-order valence-corrected chi connectivity index (χ2v) is 7.99. The molecule has 1 aliphatic heterocycles. The molecule has 0 spiro atoms. The van der Waals surface area contributed by atoms with Crippen LogP contribution in [0.15, 0.2) is 9.42 Å². The van der Waals surface area contributed by atoms with Crippen LogP contribution in [0.25, 0.3) is 0 Å². The van der Waals surface area contributed by atoms with Crippen molar-refractivity contribution >= 4 is 21.9 Å².